The average molecular weight is 357 g/mol. The number of hydrogen-bond donors (Lipinski definition) is 0. The highest BCUT2D eigenvalue weighted by molar-refractivity contribution is 9.10. The van der Waals surface area contributed by atoms with E-state index in [0.29, 0.717) is 0 Å². The number of aromatic nitrogens is 1. The topological polar surface area (TPSA) is 16.1 Å². The number of halogens is 4. The number of benzene rings is 1. The second-order valence-electron chi connectivity index (χ2n) is 4.90. The molecule has 21 heavy (non-hydrogen) atoms. The van der Waals surface area contributed by atoms with E-state index in [2.05, 4.69) is 20.9 Å². The van der Waals surface area contributed by atoms with E-state index >= 15 is 0 Å². The summed E-state index contributed by atoms with van der Waals surface area (Å²) >= 11 is 3.43. The Bertz CT molecular complexity index is 653. The number of hydrogen-bond acceptors (Lipinski definition) is 2. The van der Waals surface area contributed by atoms with Gasteiger partial charge in [0.2, 0.25) is 0 Å². The third kappa shape index (κ3) is 2.77. The summed E-state index contributed by atoms with van der Waals surface area (Å²) in [4.78, 5) is 6.24. The van der Waals surface area contributed by atoms with E-state index in [1.807, 2.05) is 11.0 Å². The largest absolute Gasteiger partial charge is 0.416 e. The minimum Gasteiger partial charge on any atom is -0.341 e. The predicted octanol–water partition coefficient (Wildman–Crippen LogP) is 4.95. The molecule has 3 rings (SSSR count). The summed E-state index contributed by atoms with van der Waals surface area (Å²) in [6.07, 6.45) is -0.740. The fourth-order valence-electron chi connectivity index (χ4n) is 2.57. The summed E-state index contributed by atoms with van der Waals surface area (Å²) in [5.74, 6) is 0. The Morgan fingerprint density at radius 3 is 2.48 bits per heavy atom. The molecule has 0 radical (unpaired) electrons. The Hall–Kier alpha value is -1.56. The first-order chi connectivity index (χ1) is 9.97. The molecule has 6 heteroatoms. The van der Waals surface area contributed by atoms with Crippen molar-refractivity contribution in [3.05, 3.63) is 52.3 Å². The van der Waals surface area contributed by atoms with Gasteiger partial charge in [-0.15, -0.1) is 0 Å². The highest BCUT2D eigenvalue weighted by Gasteiger charge is 2.30. The first-order valence-corrected chi connectivity index (χ1v) is 7.34. The van der Waals surface area contributed by atoms with Crippen LogP contribution in [0.4, 0.5) is 24.5 Å². The maximum atomic E-state index is 12.6. The van der Waals surface area contributed by atoms with Gasteiger partial charge in [-0.05, 0) is 59.1 Å². The normalized spacial score (nSPS) is 15.0. The van der Waals surface area contributed by atoms with E-state index in [1.165, 1.54) is 12.1 Å². The Morgan fingerprint density at radius 1 is 1.10 bits per heavy atom. The molecule has 1 aromatic heterocycles. The highest BCUT2D eigenvalue weighted by atomic mass is 79.9. The van der Waals surface area contributed by atoms with Crippen molar-refractivity contribution in [2.24, 2.45) is 0 Å². The van der Waals surface area contributed by atoms with E-state index in [1.54, 1.807) is 6.20 Å². The lowest BCUT2D eigenvalue weighted by molar-refractivity contribution is -0.137. The van der Waals surface area contributed by atoms with Gasteiger partial charge in [-0.25, -0.2) is 4.98 Å². The second-order valence-corrected chi connectivity index (χ2v) is 5.65. The monoisotopic (exact) mass is 356 g/mol. The lowest BCUT2D eigenvalue weighted by atomic mass is 10.0. The molecule has 0 fully saturated rings. The number of rotatable bonds is 1. The zero-order valence-electron chi connectivity index (χ0n) is 11.0. The van der Waals surface area contributed by atoms with Gasteiger partial charge in [0.25, 0.3) is 0 Å². The van der Waals surface area contributed by atoms with Gasteiger partial charge < -0.3 is 4.90 Å². The summed E-state index contributed by atoms with van der Waals surface area (Å²) in [6.45, 7) is 0.787. The van der Waals surface area contributed by atoms with E-state index in [0.717, 1.165) is 53.1 Å². The van der Waals surface area contributed by atoms with Crippen LogP contribution in [0.5, 0.6) is 0 Å². The lowest BCUT2D eigenvalue weighted by Gasteiger charge is -2.31. The molecule has 1 aliphatic heterocycles. The maximum Gasteiger partial charge on any atom is 0.416 e. The van der Waals surface area contributed by atoms with Gasteiger partial charge in [0.15, 0.2) is 0 Å². The van der Waals surface area contributed by atoms with Crippen LogP contribution >= 0.6 is 15.9 Å². The van der Waals surface area contributed by atoms with Gasteiger partial charge in [0, 0.05) is 29.7 Å². The van der Waals surface area contributed by atoms with Crippen molar-refractivity contribution < 1.29 is 13.2 Å². The summed E-state index contributed by atoms with van der Waals surface area (Å²) in [5.41, 5.74) is 2.24. The van der Waals surface area contributed by atoms with Crippen LogP contribution in [0.25, 0.3) is 0 Å². The van der Waals surface area contributed by atoms with Crippen molar-refractivity contribution >= 4 is 27.3 Å². The fourth-order valence-corrected chi connectivity index (χ4v) is 3.09. The van der Waals surface area contributed by atoms with Gasteiger partial charge in [-0.3, -0.25) is 0 Å². The van der Waals surface area contributed by atoms with E-state index in [9.17, 15) is 13.2 Å². The summed E-state index contributed by atoms with van der Waals surface area (Å²) in [6, 6.07) is 7.19. The number of pyridine rings is 1. The molecule has 2 heterocycles. The van der Waals surface area contributed by atoms with Crippen LogP contribution in [0, 0.1) is 0 Å². The van der Waals surface area contributed by atoms with E-state index in [-0.39, 0.29) is 0 Å². The first-order valence-electron chi connectivity index (χ1n) is 6.55. The summed E-state index contributed by atoms with van der Waals surface area (Å²) < 4.78 is 38.7. The molecule has 0 spiro atoms. The van der Waals surface area contributed by atoms with Crippen molar-refractivity contribution in [1.82, 2.24) is 4.98 Å². The van der Waals surface area contributed by atoms with Crippen LogP contribution in [0.3, 0.4) is 0 Å². The van der Waals surface area contributed by atoms with Gasteiger partial charge in [0.1, 0.15) is 4.60 Å². The van der Waals surface area contributed by atoms with E-state index < -0.39 is 11.7 Å². The van der Waals surface area contributed by atoms with Crippen molar-refractivity contribution in [3.8, 4) is 0 Å². The molecular weight excluding hydrogens is 345 g/mol. The van der Waals surface area contributed by atoms with Crippen LogP contribution in [-0.2, 0) is 12.6 Å². The van der Waals surface area contributed by atoms with Gasteiger partial charge >= 0.3 is 6.18 Å². The molecule has 1 aliphatic rings. The predicted molar refractivity (Wildman–Crippen MR) is 78.7 cm³/mol. The second kappa shape index (κ2) is 5.33. The van der Waals surface area contributed by atoms with Crippen molar-refractivity contribution in [3.63, 3.8) is 0 Å². The molecule has 2 nitrogen and oxygen atoms in total. The SMILES string of the molecule is FC(F)(F)c1ccc(N2CCCc3c2ccnc3Br)cc1. The minimum atomic E-state index is -4.30. The third-order valence-corrected chi connectivity index (χ3v) is 4.27. The maximum absolute atomic E-state index is 12.6. The fraction of sp³-hybridized carbons (Fsp3) is 0.267. The molecule has 0 atom stereocenters. The summed E-state index contributed by atoms with van der Waals surface area (Å²) in [7, 11) is 0. The average Bonchev–Trinajstić information content (AvgIpc) is 2.46. The minimum absolute atomic E-state index is 0.626. The molecule has 0 amide bonds. The van der Waals surface area contributed by atoms with Crippen molar-refractivity contribution in [2.45, 2.75) is 19.0 Å². The van der Waals surface area contributed by atoms with Gasteiger partial charge in [-0.1, -0.05) is 0 Å². The Kier molecular flexibility index (Phi) is 3.65. The molecule has 2 aromatic rings. The Morgan fingerprint density at radius 2 is 1.81 bits per heavy atom. The third-order valence-electron chi connectivity index (χ3n) is 3.58. The number of fused-ring (bicyclic) bond motifs is 1. The summed E-state index contributed by atoms with van der Waals surface area (Å²) in [5, 5.41) is 0. The zero-order valence-corrected chi connectivity index (χ0v) is 12.6. The molecular formula is C15H12BrF3N2. The molecule has 110 valence electrons. The lowest BCUT2D eigenvalue weighted by Crippen LogP contribution is -2.25. The molecule has 0 bridgehead atoms. The number of nitrogens with zero attached hydrogens (tertiary/aromatic N) is 2. The quantitative estimate of drug-likeness (QED) is 0.672. The standard InChI is InChI=1S/C15H12BrF3N2/c16-14-12-2-1-9-21(13(12)7-8-20-14)11-5-3-10(4-6-11)15(17,18)19/h3-8H,1-2,9H2. The molecule has 0 saturated heterocycles. The van der Waals surface area contributed by atoms with Crippen LogP contribution in [0.15, 0.2) is 41.1 Å². The molecule has 0 unspecified atom stereocenters. The first kappa shape index (κ1) is 14.4. The number of alkyl halides is 3. The van der Waals surface area contributed by atoms with Crippen LogP contribution in [0.2, 0.25) is 0 Å². The van der Waals surface area contributed by atoms with Crippen molar-refractivity contribution in [1.29, 1.82) is 0 Å². The van der Waals surface area contributed by atoms with Gasteiger partial charge in [-0.2, -0.15) is 13.2 Å². The van der Waals surface area contributed by atoms with Crippen LogP contribution in [0.1, 0.15) is 17.5 Å². The van der Waals surface area contributed by atoms with Crippen LogP contribution < -0.4 is 4.90 Å². The Balaban J connectivity index is 1.98. The number of anilines is 2. The van der Waals surface area contributed by atoms with Gasteiger partial charge in [0.05, 0.1) is 5.56 Å². The molecule has 1 aromatic carbocycles. The smallest absolute Gasteiger partial charge is 0.341 e. The van der Waals surface area contributed by atoms with E-state index in [4.69, 9.17) is 0 Å². The highest BCUT2D eigenvalue weighted by Crippen LogP contribution is 2.37. The molecule has 0 N–H and O–H groups in total. The zero-order chi connectivity index (χ0) is 15.0. The van der Waals surface area contributed by atoms with Crippen LogP contribution in [-0.4, -0.2) is 11.5 Å². The Labute approximate surface area is 128 Å². The molecule has 0 aliphatic carbocycles. The molecule has 0 saturated carbocycles. The van der Waals surface area contributed by atoms with Crippen molar-refractivity contribution in [2.75, 3.05) is 11.4 Å².